The highest BCUT2D eigenvalue weighted by Crippen LogP contribution is 2.47. The summed E-state index contributed by atoms with van der Waals surface area (Å²) in [5, 5.41) is 20.0. The van der Waals surface area contributed by atoms with Gasteiger partial charge in [0.25, 0.3) is 17.7 Å². The SMILES string of the molecule is CC(c1ccc(Nc2ccc(-c3cnc4c(C5CC([C@@H](C)c6ccc(Nc7ccc(-c8cnc9c(C%10CC([C@H](C)c%11ccc(Nc%12ccc(-c%13cnc%14cnccn%13%14)c%13c%12C(=O)NC%13)nc%11CN(C)C)CCO%10)nccn89)c8c7C(=O)NC8)nc6CN(C)C)CCO5)nccn34)c3c2C(=O)NC3)nc1CN(C)C)C1CCOCC1. The summed E-state index contributed by atoms with van der Waals surface area (Å²) >= 11 is 0. The molecule has 114 heavy (non-hydrogen) atoms. The second kappa shape index (κ2) is 30.8. The number of pyridine rings is 3. The minimum atomic E-state index is -0.323. The van der Waals surface area contributed by atoms with Crippen molar-refractivity contribution in [2.45, 2.75) is 129 Å². The predicted octanol–water partition coefficient (Wildman–Crippen LogP) is 13.2. The third-order valence-electron chi connectivity index (χ3n) is 24.3. The topological polar surface area (TPSA) is 290 Å². The molecule has 7 atom stereocenters. The molecule has 584 valence electrons. The van der Waals surface area contributed by atoms with E-state index in [9.17, 15) is 14.4 Å². The minimum Gasteiger partial charge on any atom is -0.381 e. The second-order valence-corrected chi connectivity index (χ2v) is 32.2. The fourth-order valence-corrected chi connectivity index (χ4v) is 18.4. The number of anilines is 6. The molecule has 27 nitrogen and oxygen atoms in total. The smallest absolute Gasteiger partial charge is 0.254 e. The van der Waals surface area contributed by atoms with Crippen LogP contribution in [-0.2, 0) is 53.5 Å². The first-order chi connectivity index (χ1) is 55.4. The maximum absolute atomic E-state index is 14.1. The zero-order valence-electron chi connectivity index (χ0n) is 65.8. The molecule has 0 aliphatic carbocycles. The summed E-state index contributed by atoms with van der Waals surface area (Å²) in [6.07, 6.45) is 23.0. The summed E-state index contributed by atoms with van der Waals surface area (Å²) in [6, 6.07) is 24.8. The van der Waals surface area contributed by atoms with E-state index in [1.54, 1.807) is 12.4 Å². The van der Waals surface area contributed by atoms with Crippen molar-refractivity contribution < 1.29 is 28.6 Å². The molecule has 0 bridgehead atoms. The standard InChI is InChI=1S/C87H95N21O6/c1-48(51-22-32-112-33-23-51)54-13-19-74(100-66(54)45-103(4)5)98-64-17-11-58(61-39-95-86(110)79(61)64)70-42-92-83-81(89-27-30-107(70)83)73-37-53(25-35-114-73)50(3)56-15-21-76(102-68(56)47-105(8)9)99-65-18-12-59(62-40-96-87(111)80(62)65)71-43-93-84-82(90-28-31-108(71)84)72-36-52(24-34-113-72)49(2)55-14-20-75(101-67(55)46-104(6)7)97-63-16-10-57(60-38-94-85(109)78(60)63)69-41-91-77-44-88-26-29-106(69)77/h10-21,26-31,41-44,48-53,72-73H,22-25,32-40,45-47H2,1-9H3,(H,94,109)(H,95,110)(H,96,111)(H,97,101)(H,98,100)(H,99,102)/t48?,49-,50+,52?,53?,72?,73?/m0/s1. The van der Waals surface area contributed by atoms with E-state index in [0.717, 1.165) is 147 Å². The molecular formula is C87H95N21O6. The third-order valence-corrected chi connectivity index (χ3v) is 24.3. The zero-order valence-corrected chi connectivity index (χ0v) is 65.8. The van der Waals surface area contributed by atoms with Gasteiger partial charge in [-0.25, -0.2) is 29.9 Å². The third kappa shape index (κ3) is 13.9. The van der Waals surface area contributed by atoms with Crippen LogP contribution < -0.4 is 31.9 Å². The van der Waals surface area contributed by atoms with Gasteiger partial charge in [0.15, 0.2) is 16.9 Å². The Morgan fingerprint density at radius 1 is 0.439 bits per heavy atom. The molecule has 6 aliphatic rings. The number of rotatable bonds is 23. The summed E-state index contributed by atoms with van der Waals surface area (Å²) < 4.78 is 25.1. The number of benzene rings is 3. The van der Waals surface area contributed by atoms with Gasteiger partial charge in [0.05, 0.1) is 92.7 Å². The van der Waals surface area contributed by atoms with Gasteiger partial charge < -0.3 is 60.8 Å². The van der Waals surface area contributed by atoms with Crippen LogP contribution in [0.5, 0.6) is 0 Å². The molecular weight excluding hydrogens is 1440 g/mol. The van der Waals surface area contributed by atoms with Crippen molar-refractivity contribution in [3.8, 4) is 33.8 Å². The first-order valence-corrected chi connectivity index (χ1v) is 39.7. The van der Waals surface area contributed by atoms with Gasteiger partial charge in [-0.05, 0) is 186 Å². The number of fused-ring (bicyclic) bond motifs is 6. The van der Waals surface area contributed by atoms with E-state index in [2.05, 4.69) is 159 Å². The maximum atomic E-state index is 14.1. The normalized spacial score (nSPS) is 19.2. The Kier molecular flexibility index (Phi) is 20.0. The number of aromatic nitrogens is 12. The Hall–Kier alpha value is -11.5. The molecule has 6 aliphatic heterocycles. The number of nitrogens with one attached hydrogen (secondary N) is 6. The highest BCUT2D eigenvalue weighted by Gasteiger charge is 2.38. The molecule has 18 rings (SSSR count). The van der Waals surface area contributed by atoms with Crippen molar-refractivity contribution in [1.82, 2.24) is 88.7 Å². The van der Waals surface area contributed by atoms with Crippen molar-refractivity contribution in [3.05, 3.63) is 213 Å². The lowest BCUT2D eigenvalue weighted by molar-refractivity contribution is -0.0171. The number of carbonyl (C=O) groups excluding carboxylic acids is 3. The van der Waals surface area contributed by atoms with E-state index in [4.69, 9.17) is 49.1 Å². The van der Waals surface area contributed by atoms with Gasteiger partial charge in [0, 0.05) is 120 Å². The highest BCUT2D eigenvalue weighted by atomic mass is 16.5. The number of amides is 3. The van der Waals surface area contributed by atoms with Gasteiger partial charge >= 0.3 is 0 Å². The quantitative estimate of drug-likeness (QED) is 0.0347. The highest BCUT2D eigenvalue weighted by molar-refractivity contribution is 6.08. The van der Waals surface area contributed by atoms with Crippen molar-refractivity contribution in [1.29, 1.82) is 0 Å². The molecule has 3 aromatic carbocycles. The molecule has 0 radical (unpaired) electrons. The monoisotopic (exact) mass is 1530 g/mol. The van der Waals surface area contributed by atoms with Crippen LogP contribution in [0.15, 0.2) is 135 Å². The fourth-order valence-electron chi connectivity index (χ4n) is 18.4. The lowest BCUT2D eigenvalue weighted by atomic mass is 9.79. The maximum Gasteiger partial charge on any atom is 0.254 e. The van der Waals surface area contributed by atoms with Gasteiger partial charge in [-0.3, -0.25) is 42.5 Å². The first-order valence-electron chi connectivity index (χ1n) is 39.7. The molecule has 6 N–H and O–H groups in total. The van der Waals surface area contributed by atoms with E-state index in [1.165, 1.54) is 5.56 Å². The van der Waals surface area contributed by atoms with Crippen molar-refractivity contribution in [3.63, 3.8) is 0 Å². The average Bonchev–Trinajstić information content (AvgIpc) is 1.59. The Morgan fingerprint density at radius 3 is 1.23 bits per heavy atom. The summed E-state index contributed by atoms with van der Waals surface area (Å²) in [4.78, 5) is 92.5. The van der Waals surface area contributed by atoms with Crippen molar-refractivity contribution in [2.75, 3.05) is 84.7 Å². The van der Waals surface area contributed by atoms with Crippen LogP contribution in [0.2, 0.25) is 0 Å². The van der Waals surface area contributed by atoms with E-state index in [-0.39, 0.29) is 53.6 Å². The number of nitrogens with zero attached hydrogens (tertiary/aromatic N) is 15. The van der Waals surface area contributed by atoms with Gasteiger partial charge in [-0.2, -0.15) is 0 Å². The van der Waals surface area contributed by atoms with Crippen molar-refractivity contribution >= 4 is 69.2 Å². The number of ether oxygens (including phenoxy) is 3. The Bertz CT molecular complexity index is 5750. The molecule has 0 saturated carbocycles. The number of carbonyl (C=O) groups is 3. The molecule has 3 amide bonds. The van der Waals surface area contributed by atoms with Crippen LogP contribution in [0.25, 0.3) is 50.7 Å². The lowest BCUT2D eigenvalue weighted by Crippen LogP contribution is -2.26. The van der Waals surface area contributed by atoms with E-state index >= 15 is 0 Å². The predicted molar refractivity (Wildman–Crippen MR) is 435 cm³/mol. The van der Waals surface area contributed by atoms with Crippen LogP contribution >= 0.6 is 0 Å². The van der Waals surface area contributed by atoms with E-state index in [1.807, 2.05) is 96.4 Å². The molecule has 0 spiro atoms. The van der Waals surface area contributed by atoms with Crippen LogP contribution in [0.3, 0.4) is 0 Å². The first kappa shape index (κ1) is 74.0. The molecule has 15 heterocycles. The van der Waals surface area contributed by atoms with E-state index < -0.39 is 0 Å². The summed E-state index contributed by atoms with van der Waals surface area (Å²) in [5.41, 5.74) is 22.0. The van der Waals surface area contributed by atoms with Crippen LogP contribution in [0, 0.1) is 17.8 Å². The van der Waals surface area contributed by atoms with Crippen LogP contribution in [0.4, 0.5) is 34.5 Å². The number of hydrogen-bond donors (Lipinski definition) is 6. The molecule has 12 aromatic rings. The van der Waals surface area contributed by atoms with Gasteiger partial charge in [0.1, 0.15) is 41.0 Å². The number of hydrogen-bond acceptors (Lipinski definition) is 21. The van der Waals surface area contributed by atoms with Gasteiger partial charge in [-0.1, -0.05) is 57.2 Å². The van der Waals surface area contributed by atoms with E-state index in [0.29, 0.717) is 127 Å². The lowest BCUT2D eigenvalue weighted by Gasteiger charge is -2.34. The van der Waals surface area contributed by atoms with Crippen LogP contribution in [0.1, 0.15) is 182 Å². The summed E-state index contributed by atoms with van der Waals surface area (Å²) in [7, 11) is 12.4. The zero-order chi connectivity index (χ0) is 78.2. The number of imidazole rings is 3. The Labute approximate surface area is 661 Å². The van der Waals surface area contributed by atoms with Gasteiger partial charge in [0.2, 0.25) is 0 Å². The molecule has 3 fully saturated rings. The summed E-state index contributed by atoms with van der Waals surface area (Å²) in [6.45, 7) is 12.6. The Morgan fingerprint density at radius 2 is 0.816 bits per heavy atom. The molecule has 27 heteroatoms. The molecule has 5 unspecified atom stereocenters. The molecule has 3 saturated heterocycles. The Balaban J connectivity index is 0.556. The van der Waals surface area contributed by atoms with Crippen molar-refractivity contribution in [2.24, 2.45) is 17.8 Å². The largest absolute Gasteiger partial charge is 0.381 e. The fraction of sp³-hybridized carbons (Fsp3) is 0.379. The van der Waals surface area contributed by atoms with Crippen LogP contribution in [-0.4, -0.2) is 159 Å². The second-order valence-electron chi connectivity index (χ2n) is 32.2. The average molecular weight is 1530 g/mol. The van der Waals surface area contributed by atoms with Gasteiger partial charge in [-0.15, -0.1) is 0 Å². The molecule has 9 aromatic heterocycles. The minimum absolute atomic E-state index is 0.105. The summed E-state index contributed by atoms with van der Waals surface area (Å²) in [5.74, 6) is 3.12.